The fourth-order valence-electron chi connectivity index (χ4n) is 3.05. The molecule has 19 heavy (non-hydrogen) atoms. The van der Waals surface area contributed by atoms with Crippen molar-refractivity contribution in [3.8, 4) is 0 Å². The van der Waals surface area contributed by atoms with E-state index in [1.54, 1.807) is 0 Å². The predicted molar refractivity (Wildman–Crippen MR) is 81.2 cm³/mol. The summed E-state index contributed by atoms with van der Waals surface area (Å²) in [5, 5.41) is 4.54. The van der Waals surface area contributed by atoms with E-state index in [1.807, 2.05) is 12.1 Å². The van der Waals surface area contributed by atoms with Crippen molar-refractivity contribution in [2.75, 3.05) is 11.5 Å². The van der Waals surface area contributed by atoms with Gasteiger partial charge in [-0.3, -0.25) is 4.21 Å². The average Bonchev–Trinajstić information content (AvgIpc) is 2.37. The van der Waals surface area contributed by atoms with Crippen molar-refractivity contribution in [1.82, 2.24) is 5.32 Å². The Kier molecular flexibility index (Phi) is 4.25. The van der Waals surface area contributed by atoms with E-state index in [1.165, 1.54) is 18.4 Å². The highest BCUT2D eigenvalue weighted by atomic mass is 35.5. The molecule has 2 aliphatic rings. The number of hydrogen-bond acceptors (Lipinski definition) is 2. The van der Waals surface area contributed by atoms with E-state index >= 15 is 0 Å². The largest absolute Gasteiger partial charge is 0.311 e. The minimum absolute atomic E-state index is 0.551. The van der Waals surface area contributed by atoms with E-state index in [2.05, 4.69) is 17.4 Å². The zero-order chi connectivity index (χ0) is 13.2. The van der Waals surface area contributed by atoms with E-state index in [9.17, 15) is 4.21 Å². The molecule has 0 spiro atoms. The molecule has 104 valence electrons. The van der Waals surface area contributed by atoms with Crippen LogP contribution >= 0.6 is 11.6 Å². The Labute approximate surface area is 122 Å². The molecule has 0 bridgehead atoms. The maximum atomic E-state index is 11.3. The fraction of sp³-hybridized carbons (Fsp3) is 0.600. The van der Waals surface area contributed by atoms with Gasteiger partial charge in [0.15, 0.2) is 0 Å². The molecule has 0 amide bonds. The number of nitrogens with one attached hydrogen (secondary N) is 1. The molecular formula is C15H20ClNOS. The Morgan fingerprint density at radius 3 is 2.32 bits per heavy atom. The van der Waals surface area contributed by atoms with Gasteiger partial charge in [0.05, 0.1) is 0 Å². The molecule has 1 heterocycles. The van der Waals surface area contributed by atoms with E-state index < -0.39 is 10.8 Å². The van der Waals surface area contributed by atoms with Gasteiger partial charge in [-0.2, -0.15) is 0 Å². The van der Waals surface area contributed by atoms with E-state index in [4.69, 9.17) is 11.6 Å². The smallest absolute Gasteiger partial charge is 0.0406 e. The number of halogens is 1. The Hall–Kier alpha value is -0.380. The lowest BCUT2D eigenvalue weighted by molar-refractivity contribution is 0.258. The molecule has 0 atom stereocenters. The van der Waals surface area contributed by atoms with Gasteiger partial charge in [-0.25, -0.2) is 0 Å². The van der Waals surface area contributed by atoms with Crippen LogP contribution in [0.25, 0.3) is 0 Å². The second-order valence-corrected chi connectivity index (χ2v) is 7.84. The normalized spacial score (nSPS) is 34.8. The summed E-state index contributed by atoms with van der Waals surface area (Å²) in [4.78, 5) is 0. The van der Waals surface area contributed by atoms with Gasteiger partial charge in [-0.15, -0.1) is 0 Å². The van der Waals surface area contributed by atoms with Crippen molar-refractivity contribution < 1.29 is 4.21 Å². The second kappa shape index (κ2) is 5.94. The Balaban J connectivity index is 1.45. The van der Waals surface area contributed by atoms with Crippen LogP contribution in [-0.2, 0) is 10.8 Å². The first kappa shape index (κ1) is 13.6. The van der Waals surface area contributed by atoms with Crippen LogP contribution in [0.5, 0.6) is 0 Å². The quantitative estimate of drug-likeness (QED) is 0.929. The molecular weight excluding hydrogens is 278 g/mol. The van der Waals surface area contributed by atoms with Crippen LogP contribution in [0.2, 0.25) is 5.02 Å². The van der Waals surface area contributed by atoms with Gasteiger partial charge in [0.2, 0.25) is 0 Å². The number of benzene rings is 1. The molecule has 1 aromatic rings. The van der Waals surface area contributed by atoms with Gasteiger partial charge in [0, 0.05) is 39.4 Å². The van der Waals surface area contributed by atoms with Crippen LogP contribution in [0.3, 0.4) is 0 Å². The maximum absolute atomic E-state index is 11.3. The summed E-state index contributed by atoms with van der Waals surface area (Å²) in [6.07, 6.45) is 4.60. The van der Waals surface area contributed by atoms with Crippen molar-refractivity contribution in [2.24, 2.45) is 0 Å². The molecule has 1 N–H and O–H groups in total. The lowest BCUT2D eigenvalue weighted by atomic mass is 9.75. The zero-order valence-corrected chi connectivity index (χ0v) is 12.6. The lowest BCUT2D eigenvalue weighted by Crippen LogP contribution is -2.47. The Morgan fingerprint density at radius 2 is 1.68 bits per heavy atom. The number of rotatable bonds is 3. The van der Waals surface area contributed by atoms with Crippen molar-refractivity contribution in [1.29, 1.82) is 0 Å². The van der Waals surface area contributed by atoms with E-state index in [0.29, 0.717) is 18.0 Å². The third-order valence-electron chi connectivity index (χ3n) is 4.34. The third kappa shape index (κ3) is 3.39. The first-order chi connectivity index (χ1) is 9.20. The molecule has 1 aliphatic carbocycles. The van der Waals surface area contributed by atoms with E-state index in [0.717, 1.165) is 29.4 Å². The summed E-state index contributed by atoms with van der Waals surface area (Å²) in [6.45, 7) is 0. The first-order valence-electron chi connectivity index (χ1n) is 7.07. The summed E-state index contributed by atoms with van der Waals surface area (Å²) in [5.74, 6) is 2.45. The third-order valence-corrected chi connectivity index (χ3v) is 5.97. The van der Waals surface area contributed by atoms with Crippen LogP contribution in [-0.4, -0.2) is 27.8 Å². The summed E-state index contributed by atoms with van der Waals surface area (Å²) in [5.41, 5.74) is 1.41. The summed E-state index contributed by atoms with van der Waals surface area (Å²) < 4.78 is 11.3. The number of hydrogen-bond donors (Lipinski definition) is 1. The Bertz CT molecular complexity index is 446. The molecule has 2 fully saturated rings. The summed E-state index contributed by atoms with van der Waals surface area (Å²) in [6, 6.07) is 9.49. The van der Waals surface area contributed by atoms with Gasteiger partial charge < -0.3 is 5.32 Å². The molecule has 1 aliphatic heterocycles. The summed E-state index contributed by atoms with van der Waals surface area (Å²) in [7, 11) is -0.551. The zero-order valence-electron chi connectivity index (χ0n) is 11.0. The highest BCUT2D eigenvalue weighted by molar-refractivity contribution is 7.85. The van der Waals surface area contributed by atoms with Gasteiger partial charge in [-0.1, -0.05) is 23.7 Å². The minimum Gasteiger partial charge on any atom is -0.311 e. The lowest BCUT2D eigenvalue weighted by Gasteiger charge is -2.39. The van der Waals surface area contributed by atoms with Gasteiger partial charge in [-0.05, 0) is 49.3 Å². The Morgan fingerprint density at radius 1 is 1.05 bits per heavy atom. The van der Waals surface area contributed by atoms with Crippen LogP contribution < -0.4 is 5.32 Å². The fourth-order valence-corrected chi connectivity index (χ4v) is 4.48. The van der Waals surface area contributed by atoms with Crippen molar-refractivity contribution in [2.45, 2.75) is 43.7 Å². The van der Waals surface area contributed by atoms with Gasteiger partial charge in [0.1, 0.15) is 0 Å². The van der Waals surface area contributed by atoms with Gasteiger partial charge in [0.25, 0.3) is 0 Å². The molecule has 4 heteroatoms. The molecule has 2 nitrogen and oxygen atoms in total. The summed E-state index contributed by atoms with van der Waals surface area (Å²) >= 11 is 5.91. The van der Waals surface area contributed by atoms with Crippen molar-refractivity contribution >= 4 is 22.4 Å². The van der Waals surface area contributed by atoms with Crippen LogP contribution in [0, 0.1) is 0 Å². The topological polar surface area (TPSA) is 29.1 Å². The highest BCUT2D eigenvalue weighted by Gasteiger charge is 2.32. The molecule has 0 aromatic heterocycles. The molecule has 0 unspecified atom stereocenters. The minimum atomic E-state index is -0.551. The molecule has 1 saturated carbocycles. The molecule has 1 saturated heterocycles. The van der Waals surface area contributed by atoms with E-state index in [-0.39, 0.29) is 0 Å². The van der Waals surface area contributed by atoms with Crippen LogP contribution in [0.1, 0.15) is 37.2 Å². The standard InChI is InChI=1S/C15H20ClNOS/c16-13-3-1-11(2-4-13)12-9-15(10-12)17-14-5-7-19(18)8-6-14/h1-4,12,14-15,17H,5-10H2. The molecule has 0 radical (unpaired) electrons. The molecule has 1 aromatic carbocycles. The van der Waals surface area contributed by atoms with Crippen molar-refractivity contribution in [3.63, 3.8) is 0 Å². The maximum Gasteiger partial charge on any atom is 0.0406 e. The highest BCUT2D eigenvalue weighted by Crippen LogP contribution is 2.37. The molecule has 3 rings (SSSR count). The second-order valence-electron chi connectivity index (χ2n) is 5.71. The SMILES string of the molecule is O=S1CCC(NC2CC(c3ccc(Cl)cc3)C2)CC1. The first-order valence-corrected chi connectivity index (χ1v) is 8.94. The predicted octanol–water partition coefficient (Wildman–Crippen LogP) is 3.09. The average molecular weight is 298 g/mol. The van der Waals surface area contributed by atoms with Crippen LogP contribution in [0.4, 0.5) is 0 Å². The monoisotopic (exact) mass is 297 g/mol. The van der Waals surface area contributed by atoms with Crippen LogP contribution in [0.15, 0.2) is 24.3 Å². The van der Waals surface area contributed by atoms with Gasteiger partial charge >= 0.3 is 0 Å². The van der Waals surface area contributed by atoms with Crippen molar-refractivity contribution in [3.05, 3.63) is 34.9 Å².